The van der Waals surface area contributed by atoms with Gasteiger partial charge in [-0.1, -0.05) is 12.2 Å². The summed E-state index contributed by atoms with van der Waals surface area (Å²) in [4.78, 5) is 10.9. The fourth-order valence-electron chi connectivity index (χ4n) is 3.33. The van der Waals surface area contributed by atoms with Crippen LogP contribution in [0.1, 0.15) is 19.8 Å². The lowest BCUT2D eigenvalue weighted by atomic mass is 9.85. The molecule has 2 bridgehead atoms. The number of rotatable bonds is 1. The maximum absolute atomic E-state index is 10.9. The van der Waals surface area contributed by atoms with E-state index in [4.69, 9.17) is 4.74 Å². The first-order valence-electron chi connectivity index (χ1n) is 5.32. The van der Waals surface area contributed by atoms with E-state index < -0.39 is 0 Å². The zero-order chi connectivity index (χ0) is 9.71. The van der Waals surface area contributed by atoms with Crippen LogP contribution in [0.25, 0.3) is 0 Å². The number of fused-ring (bicyclic) bond motifs is 5. The topological polar surface area (TPSA) is 26.3 Å². The monoisotopic (exact) mass is 190 g/mol. The highest BCUT2D eigenvalue weighted by atomic mass is 16.5. The van der Waals surface area contributed by atoms with Gasteiger partial charge in [0.2, 0.25) is 0 Å². The number of ether oxygens (including phenoxy) is 1. The molecule has 14 heavy (non-hydrogen) atoms. The van der Waals surface area contributed by atoms with Crippen LogP contribution in [0, 0.1) is 23.7 Å². The Balaban J connectivity index is 1.84. The number of hydrogen-bond donors (Lipinski definition) is 0. The number of hydrogen-bond acceptors (Lipinski definition) is 2. The summed E-state index contributed by atoms with van der Waals surface area (Å²) in [5.74, 6) is 3.39. The summed E-state index contributed by atoms with van der Waals surface area (Å²) < 4.78 is 5.25. The van der Waals surface area contributed by atoms with Crippen molar-refractivity contribution in [1.29, 1.82) is 0 Å². The zero-order valence-corrected chi connectivity index (χ0v) is 8.27. The van der Waals surface area contributed by atoms with Crippen molar-refractivity contribution >= 4 is 5.97 Å². The molecule has 0 amide bonds. The molecule has 2 heteroatoms. The molecule has 0 spiro atoms. The second kappa shape index (κ2) is 2.72. The third kappa shape index (κ3) is 0.999. The summed E-state index contributed by atoms with van der Waals surface area (Å²) in [6.07, 6.45) is 9.16. The standard InChI is InChI=1S/C12H14O2/c1-7(13)14-12-6-8-5-11(12)10-4-2-3-9(8)10/h2-3,6,8-11H,4-5H2,1H3/t8-,9+,10-,11-/m1/s1. The minimum atomic E-state index is -0.175. The van der Waals surface area contributed by atoms with Gasteiger partial charge in [0, 0.05) is 12.8 Å². The summed E-state index contributed by atoms with van der Waals surface area (Å²) >= 11 is 0. The van der Waals surface area contributed by atoms with Gasteiger partial charge in [0.15, 0.2) is 0 Å². The molecular weight excluding hydrogens is 176 g/mol. The normalized spacial score (nSPS) is 42.5. The van der Waals surface area contributed by atoms with Crippen molar-refractivity contribution in [1.82, 2.24) is 0 Å². The third-order valence-electron chi connectivity index (χ3n) is 3.80. The van der Waals surface area contributed by atoms with Crippen LogP contribution in [0.4, 0.5) is 0 Å². The summed E-state index contributed by atoms with van der Waals surface area (Å²) in [5, 5.41) is 0. The van der Waals surface area contributed by atoms with Crippen LogP contribution in [0.2, 0.25) is 0 Å². The van der Waals surface area contributed by atoms with E-state index in [1.807, 2.05) is 0 Å². The summed E-state index contributed by atoms with van der Waals surface area (Å²) in [7, 11) is 0. The van der Waals surface area contributed by atoms with E-state index in [9.17, 15) is 4.79 Å². The van der Waals surface area contributed by atoms with Gasteiger partial charge in [-0.2, -0.15) is 0 Å². The lowest BCUT2D eigenvalue weighted by molar-refractivity contribution is -0.137. The summed E-state index contributed by atoms with van der Waals surface area (Å²) in [6, 6.07) is 0. The second-order valence-corrected chi connectivity index (χ2v) is 4.57. The molecule has 0 aromatic carbocycles. The average Bonchev–Trinajstić information content (AvgIpc) is 2.68. The Hall–Kier alpha value is -1.05. The number of carbonyl (C=O) groups excluding carboxylic acids is 1. The van der Waals surface area contributed by atoms with Crippen LogP contribution in [-0.4, -0.2) is 5.97 Å². The predicted octanol–water partition coefficient (Wildman–Crippen LogP) is 2.28. The smallest absolute Gasteiger partial charge is 0.307 e. The SMILES string of the molecule is CC(=O)OC1=C[C@H]2C[C@@H]1[C@@H]1CC=C[C@H]12. The van der Waals surface area contributed by atoms with Gasteiger partial charge in [-0.3, -0.25) is 4.79 Å². The predicted molar refractivity (Wildman–Crippen MR) is 52.2 cm³/mol. The number of carbonyl (C=O) groups is 1. The maximum atomic E-state index is 10.9. The third-order valence-corrected chi connectivity index (χ3v) is 3.80. The van der Waals surface area contributed by atoms with E-state index >= 15 is 0 Å². The van der Waals surface area contributed by atoms with E-state index in [1.165, 1.54) is 19.8 Å². The van der Waals surface area contributed by atoms with Crippen molar-refractivity contribution in [2.24, 2.45) is 23.7 Å². The molecule has 0 N–H and O–H groups in total. The molecule has 1 saturated carbocycles. The molecule has 0 aliphatic heterocycles. The van der Waals surface area contributed by atoms with E-state index in [-0.39, 0.29) is 5.97 Å². The Kier molecular flexibility index (Phi) is 1.61. The molecule has 3 rings (SSSR count). The second-order valence-electron chi connectivity index (χ2n) is 4.57. The van der Waals surface area contributed by atoms with Crippen molar-refractivity contribution < 1.29 is 9.53 Å². The molecule has 0 unspecified atom stereocenters. The van der Waals surface area contributed by atoms with Gasteiger partial charge < -0.3 is 4.74 Å². The highest BCUT2D eigenvalue weighted by molar-refractivity contribution is 5.67. The largest absolute Gasteiger partial charge is 0.431 e. The van der Waals surface area contributed by atoms with E-state index in [2.05, 4.69) is 18.2 Å². The van der Waals surface area contributed by atoms with Crippen LogP contribution in [0.15, 0.2) is 24.0 Å². The fraction of sp³-hybridized carbons (Fsp3) is 0.583. The quantitative estimate of drug-likeness (QED) is 0.468. The van der Waals surface area contributed by atoms with Crippen molar-refractivity contribution in [2.75, 3.05) is 0 Å². The van der Waals surface area contributed by atoms with Gasteiger partial charge in [-0.25, -0.2) is 0 Å². The molecule has 3 aliphatic carbocycles. The molecule has 0 saturated heterocycles. The fourth-order valence-corrected chi connectivity index (χ4v) is 3.33. The lowest BCUT2D eigenvalue weighted by Gasteiger charge is -2.23. The molecule has 0 aromatic heterocycles. The Bertz CT molecular complexity index is 340. The Labute approximate surface area is 83.6 Å². The van der Waals surface area contributed by atoms with Gasteiger partial charge in [-0.15, -0.1) is 0 Å². The first kappa shape index (κ1) is 8.27. The van der Waals surface area contributed by atoms with Crippen LogP contribution in [0.3, 0.4) is 0 Å². The molecule has 0 radical (unpaired) electrons. The first-order valence-corrected chi connectivity index (χ1v) is 5.32. The minimum Gasteiger partial charge on any atom is -0.431 e. The van der Waals surface area contributed by atoms with Crippen molar-refractivity contribution in [3.8, 4) is 0 Å². The van der Waals surface area contributed by atoms with Gasteiger partial charge in [0.25, 0.3) is 0 Å². The summed E-state index contributed by atoms with van der Waals surface area (Å²) in [6.45, 7) is 1.48. The van der Waals surface area contributed by atoms with Crippen LogP contribution in [0.5, 0.6) is 0 Å². The molecule has 1 fully saturated rings. The van der Waals surface area contributed by atoms with Crippen molar-refractivity contribution in [3.63, 3.8) is 0 Å². The Morgan fingerprint density at radius 3 is 3.21 bits per heavy atom. The molecule has 2 nitrogen and oxygen atoms in total. The number of esters is 1. The van der Waals surface area contributed by atoms with Gasteiger partial charge in [0.05, 0.1) is 0 Å². The van der Waals surface area contributed by atoms with E-state index in [0.29, 0.717) is 11.8 Å². The van der Waals surface area contributed by atoms with Crippen LogP contribution < -0.4 is 0 Å². The van der Waals surface area contributed by atoms with E-state index in [1.54, 1.807) is 0 Å². The molecular formula is C12H14O2. The molecule has 4 atom stereocenters. The maximum Gasteiger partial charge on any atom is 0.307 e. The zero-order valence-electron chi connectivity index (χ0n) is 8.27. The average molecular weight is 190 g/mol. The first-order chi connectivity index (χ1) is 6.75. The van der Waals surface area contributed by atoms with Gasteiger partial charge in [-0.05, 0) is 36.7 Å². The van der Waals surface area contributed by atoms with Crippen molar-refractivity contribution in [3.05, 3.63) is 24.0 Å². The van der Waals surface area contributed by atoms with Gasteiger partial charge >= 0.3 is 5.97 Å². The highest BCUT2D eigenvalue weighted by Crippen LogP contribution is 2.55. The molecule has 3 aliphatic rings. The molecule has 74 valence electrons. The summed E-state index contributed by atoms with van der Waals surface area (Å²) in [5.41, 5.74) is 0. The van der Waals surface area contributed by atoms with Crippen molar-refractivity contribution in [2.45, 2.75) is 19.8 Å². The molecule has 0 heterocycles. The number of allylic oxidation sites excluding steroid dienone is 4. The molecule has 0 aromatic rings. The Morgan fingerprint density at radius 1 is 1.57 bits per heavy atom. The van der Waals surface area contributed by atoms with Crippen LogP contribution in [-0.2, 0) is 9.53 Å². The lowest BCUT2D eigenvalue weighted by Crippen LogP contribution is -2.19. The van der Waals surface area contributed by atoms with Crippen LogP contribution >= 0.6 is 0 Å². The van der Waals surface area contributed by atoms with Gasteiger partial charge in [0.1, 0.15) is 5.76 Å². The van der Waals surface area contributed by atoms with E-state index in [0.717, 1.165) is 17.6 Å². The highest BCUT2D eigenvalue weighted by Gasteiger charge is 2.49. The Morgan fingerprint density at radius 2 is 2.43 bits per heavy atom. The minimum absolute atomic E-state index is 0.175.